The van der Waals surface area contributed by atoms with Gasteiger partial charge in [-0.15, -0.1) is 0 Å². The van der Waals surface area contributed by atoms with Crippen LogP contribution in [0.5, 0.6) is 0 Å². The van der Waals surface area contributed by atoms with Crippen molar-refractivity contribution < 1.29 is 14.5 Å². The predicted molar refractivity (Wildman–Crippen MR) is 109 cm³/mol. The van der Waals surface area contributed by atoms with E-state index < -0.39 is 22.0 Å². The third kappa shape index (κ3) is 4.95. The monoisotopic (exact) mass is 384 g/mol. The van der Waals surface area contributed by atoms with Crippen LogP contribution in [0.1, 0.15) is 45.7 Å². The molecule has 2 aromatic rings. The van der Waals surface area contributed by atoms with E-state index in [1.54, 1.807) is 12.1 Å². The lowest BCUT2D eigenvalue weighted by atomic mass is 9.79. The smallest absolute Gasteiger partial charge is 0.331 e. The molecule has 0 heterocycles. The van der Waals surface area contributed by atoms with Crippen LogP contribution in [0.3, 0.4) is 0 Å². The van der Waals surface area contributed by atoms with Crippen molar-refractivity contribution in [2.75, 3.05) is 0 Å². The molecular weight excluding hydrogens is 356 g/mol. The Labute approximate surface area is 166 Å². The highest BCUT2D eigenvalue weighted by molar-refractivity contribution is 5.83. The molecule has 0 aliphatic rings. The summed E-state index contributed by atoms with van der Waals surface area (Å²) < 4.78 is 5.75. The lowest BCUT2D eigenvalue weighted by Crippen LogP contribution is -2.55. The summed E-state index contributed by atoms with van der Waals surface area (Å²) in [4.78, 5) is 23.9. The van der Waals surface area contributed by atoms with Crippen LogP contribution in [-0.4, -0.2) is 16.5 Å². The summed E-state index contributed by atoms with van der Waals surface area (Å²) in [6.07, 6.45) is 0. The van der Waals surface area contributed by atoms with Gasteiger partial charge in [-0.2, -0.15) is 0 Å². The fourth-order valence-electron chi connectivity index (χ4n) is 3.11. The molecule has 0 spiro atoms. The van der Waals surface area contributed by atoms with Gasteiger partial charge in [0.15, 0.2) is 0 Å². The standard InChI is InChI=1S/C22H28N2O4/c1-16(2)22(20(25)28-21(3,4)5,23-15-17-9-7-6-8-10-17)18-11-13-19(14-12-18)24(26)27/h6-14,16,23H,15H2,1-5H3/t22-/m1/s1. The number of nitrogens with one attached hydrogen (secondary N) is 1. The minimum atomic E-state index is -1.14. The Hall–Kier alpha value is -2.73. The maximum atomic E-state index is 13.3. The third-order valence-corrected chi connectivity index (χ3v) is 4.53. The lowest BCUT2D eigenvalue weighted by Gasteiger charge is -2.39. The zero-order valence-electron chi connectivity index (χ0n) is 17.1. The summed E-state index contributed by atoms with van der Waals surface area (Å²) >= 11 is 0. The van der Waals surface area contributed by atoms with Gasteiger partial charge in [0, 0.05) is 18.7 Å². The van der Waals surface area contributed by atoms with Gasteiger partial charge in [-0.25, -0.2) is 4.79 Å². The fourth-order valence-corrected chi connectivity index (χ4v) is 3.11. The van der Waals surface area contributed by atoms with E-state index >= 15 is 0 Å². The van der Waals surface area contributed by atoms with Gasteiger partial charge in [-0.3, -0.25) is 15.4 Å². The van der Waals surface area contributed by atoms with Crippen LogP contribution >= 0.6 is 0 Å². The highest BCUT2D eigenvalue weighted by Gasteiger charge is 2.46. The average Bonchev–Trinajstić information content (AvgIpc) is 2.61. The Bertz CT molecular complexity index is 811. The van der Waals surface area contributed by atoms with Crippen molar-refractivity contribution in [1.29, 1.82) is 0 Å². The van der Waals surface area contributed by atoms with Crippen LogP contribution in [0.2, 0.25) is 0 Å². The van der Waals surface area contributed by atoms with Gasteiger partial charge in [0.1, 0.15) is 11.1 Å². The number of esters is 1. The number of non-ortho nitro benzene ring substituents is 1. The minimum Gasteiger partial charge on any atom is -0.458 e. The molecule has 1 atom stereocenters. The molecule has 2 aromatic carbocycles. The first-order valence-electron chi connectivity index (χ1n) is 9.33. The molecule has 0 radical (unpaired) electrons. The van der Waals surface area contributed by atoms with Crippen LogP contribution in [0.15, 0.2) is 54.6 Å². The Kier molecular flexibility index (Phi) is 6.56. The Morgan fingerprint density at radius 3 is 2.11 bits per heavy atom. The molecule has 0 bridgehead atoms. The van der Waals surface area contributed by atoms with Crippen molar-refractivity contribution in [3.8, 4) is 0 Å². The number of hydrogen-bond acceptors (Lipinski definition) is 5. The number of hydrogen-bond donors (Lipinski definition) is 1. The third-order valence-electron chi connectivity index (χ3n) is 4.53. The van der Waals surface area contributed by atoms with E-state index in [2.05, 4.69) is 5.32 Å². The van der Waals surface area contributed by atoms with Gasteiger partial charge in [0.05, 0.1) is 4.92 Å². The molecule has 0 aliphatic carbocycles. The highest BCUT2D eigenvalue weighted by Crippen LogP contribution is 2.34. The zero-order valence-corrected chi connectivity index (χ0v) is 17.1. The van der Waals surface area contributed by atoms with Crippen LogP contribution in [-0.2, 0) is 21.6 Å². The molecule has 0 aliphatic heterocycles. The fraction of sp³-hybridized carbons (Fsp3) is 0.409. The number of ether oxygens (including phenoxy) is 1. The summed E-state index contributed by atoms with van der Waals surface area (Å²) in [5, 5.41) is 14.4. The van der Waals surface area contributed by atoms with Crippen LogP contribution in [0, 0.1) is 16.0 Å². The lowest BCUT2D eigenvalue weighted by molar-refractivity contribution is -0.384. The summed E-state index contributed by atoms with van der Waals surface area (Å²) in [7, 11) is 0. The first kappa shape index (κ1) is 21.6. The number of nitro groups is 1. The van der Waals surface area contributed by atoms with E-state index in [1.165, 1.54) is 12.1 Å². The maximum absolute atomic E-state index is 13.3. The van der Waals surface area contributed by atoms with E-state index in [4.69, 9.17) is 4.74 Å². The Morgan fingerprint density at radius 1 is 1.07 bits per heavy atom. The molecule has 0 saturated heterocycles. The SMILES string of the molecule is CC(C)[C@](NCc1ccccc1)(C(=O)OC(C)(C)C)c1ccc([N+](=O)[O-])cc1. The van der Waals surface area contributed by atoms with Crippen molar-refractivity contribution in [3.63, 3.8) is 0 Å². The molecule has 1 N–H and O–H groups in total. The first-order chi connectivity index (χ1) is 13.1. The number of nitrogens with zero attached hydrogens (tertiary/aromatic N) is 1. The highest BCUT2D eigenvalue weighted by atomic mass is 16.6. The van der Waals surface area contributed by atoms with Crippen molar-refractivity contribution in [2.24, 2.45) is 5.92 Å². The van der Waals surface area contributed by atoms with E-state index in [0.29, 0.717) is 12.1 Å². The molecule has 6 nitrogen and oxygen atoms in total. The summed E-state index contributed by atoms with van der Waals surface area (Å²) in [6, 6.07) is 15.8. The number of nitro benzene ring substituents is 1. The van der Waals surface area contributed by atoms with E-state index in [-0.39, 0.29) is 11.6 Å². The molecule has 2 rings (SSSR count). The van der Waals surface area contributed by atoms with Gasteiger partial charge in [-0.05, 0) is 49.9 Å². The van der Waals surface area contributed by atoms with Gasteiger partial charge in [0.2, 0.25) is 0 Å². The molecule has 0 unspecified atom stereocenters. The number of carbonyl (C=O) groups is 1. The number of benzene rings is 2. The van der Waals surface area contributed by atoms with Crippen molar-refractivity contribution in [2.45, 2.75) is 52.3 Å². The van der Waals surface area contributed by atoms with Gasteiger partial charge in [-0.1, -0.05) is 44.2 Å². The van der Waals surface area contributed by atoms with Crippen molar-refractivity contribution in [1.82, 2.24) is 5.32 Å². The average molecular weight is 384 g/mol. The zero-order chi connectivity index (χ0) is 20.9. The molecular formula is C22H28N2O4. The summed E-state index contributed by atoms with van der Waals surface area (Å²) in [6.45, 7) is 9.79. The largest absolute Gasteiger partial charge is 0.458 e. The second-order valence-electron chi connectivity index (χ2n) is 8.11. The van der Waals surface area contributed by atoms with Gasteiger partial charge < -0.3 is 4.74 Å². The normalized spacial score (nSPS) is 13.8. The molecule has 28 heavy (non-hydrogen) atoms. The second-order valence-corrected chi connectivity index (χ2v) is 8.11. The molecule has 0 saturated carbocycles. The number of carbonyl (C=O) groups excluding carboxylic acids is 1. The quantitative estimate of drug-likeness (QED) is 0.429. The maximum Gasteiger partial charge on any atom is 0.331 e. The summed E-state index contributed by atoms with van der Waals surface area (Å²) in [5.41, 5.74) is -0.157. The minimum absolute atomic E-state index is 0.0198. The van der Waals surface area contributed by atoms with E-state index in [9.17, 15) is 14.9 Å². The molecule has 6 heteroatoms. The molecule has 0 amide bonds. The van der Waals surface area contributed by atoms with Gasteiger partial charge in [0.25, 0.3) is 5.69 Å². The van der Waals surface area contributed by atoms with Crippen molar-refractivity contribution >= 4 is 11.7 Å². The van der Waals surface area contributed by atoms with E-state index in [1.807, 2.05) is 65.0 Å². The number of rotatable bonds is 7. The molecule has 150 valence electrons. The predicted octanol–water partition coefficient (Wildman–Crippen LogP) is 4.58. The topological polar surface area (TPSA) is 81.5 Å². The summed E-state index contributed by atoms with van der Waals surface area (Å²) in [5.74, 6) is -0.563. The second kappa shape index (κ2) is 8.52. The Morgan fingerprint density at radius 2 is 1.64 bits per heavy atom. The van der Waals surface area contributed by atoms with Crippen molar-refractivity contribution in [3.05, 3.63) is 75.8 Å². The Balaban J connectivity index is 2.49. The van der Waals surface area contributed by atoms with Gasteiger partial charge >= 0.3 is 5.97 Å². The first-order valence-corrected chi connectivity index (χ1v) is 9.33. The molecule has 0 fully saturated rings. The van der Waals surface area contributed by atoms with Crippen LogP contribution < -0.4 is 5.32 Å². The van der Waals surface area contributed by atoms with E-state index in [0.717, 1.165) is 5.56 Å². The van der Waals surface area contributed by atoms with Crippen LogP contribution in [0.4, 0.5) is 5.69 Å². The van der Waals surface area contributed by atoms with Crippen LogP contribution in [0.25, 0.3) is 0 Å². The molecule has 0 aromatic heterocycles.